The second kappa shape index (κ2) is 6.44. The third-order valence-electron chi connectivity index (χ3n) is 2.87. The maximum Gasteiger partial charge on any atom is 0.250 e. The van der Waals surface area contributed by atoms with Gasteiger partial charge in [0.05, 0.1) is 6.07 Å². The smallest absolute Gasteiger partial charge is 0.250 e. The fourth-order valence-electron chi connectivity index (χ4n) is 1.84. The van der Waals surface area contributed by atoms with E-state index in [1.807, 2.05) is 13.0 Å². The molecule has 0 aliphatic carbocycles. The Morgan fingerprint density at radius 1 is 1.24 bits per heavy atom. The van der Waals surface area contributed by atoms with Gasteiger partial charge < -0.3 is 5.32 Å². The lowest BCUT2D eigenvalue weighted by molar-refractivity contribution is -0.117. The number of amides is 1. The zero-order chi connectivity index (χ0) is 15.2. The molecule has 5 heteroatoms. The molecule has 0 bridgehead atoms. The Balaban J connectivity index is 2.18. The van der Waals surface area contributed by atoms with Crippen molar-refractivity contribution in [3.63, 3.8) is 0 Å². The molecule has 0 saturated heterocycles. The zero-order valence-corrected chi connectivity index (χ0v) is 11.4. The molecule has 1 heterocycles. The third-order valence-corrected chi connectivity index (χ3v) is 2.87. The highest BCUT2D eigenvalue weighted by molar-refractivity contribution is 6.15. The minimum atomic E-state index is -1.39. The van der Waals surface area contributed by atoms with Gasteiger partial charge in [-0.05, 0) is 25.1 Å². The van der Waals surface area contributed by atoms with E-state index in [-0.39, 0.29) is 0 Å². The Bertz CT molecular complexity index is 705. The molecule has 2 aromatic rings. The summed E-state index contributed by atoms with van der Waals surface area (Å²) in [5.74, 6) is -2.29. The summed E-state index contributed by atoms with van der Waals surface area (Å²) in [4.78, 5) is 28.2. The summed E-state index contributed by atoms with van der Waals surface area (Å²) in [6, 6.07) is 13.5. The van der Waals surface area contributed by atoms with Crippen LogP contribution in [0.3, 0.4) is 0 Å². The Morgan fingerprint density at radius 2 is 2.05 bits per heavy atom. The maximum atomic E-state index is 12.3. The van der Waals surface area contributed by atoms with Gasteiger partial charge >= 0.3 is 0 Å². The number of hydrogen-bond donors (Lipinski definition) is 1. The highest BCUT2D eigenvalue weighted by Gasteiger charge is 2.27. The minimum Gasteiger partial charge on any atom is -0.309 e. The molecule has 0 aliphatic heterocycles. The summed E-state index contributed by atoms with van der Waals surface area (Å²) >= 11 is 0. The molecule has 104 valence electrons. The summed E-state index contributed by atoms with van der Waals surface area (Å²) in [5.41, 5.74) is 1.24. The summed E-state index contributed by atoms with van der Waals surface area (Å²) in [6.07, 6.45) is 1.51. The maximum absolute atomic E-state index is 12.3. The number of nitrogens with one attached hydrogen (secondary N) is 1. The SMILES string of the molecule is Cc1cccc(C(=O)C(C#N)C(=O)Nc2ccccn2)c1. The molecule has 1 N–H and O–H groups in total. The van der Waals surface area contributed by atoms with E-state index in [1.54, 1.807) is 42.5 Å². The van der Waals surface area contributed by atoms with Crippen molar-refractivity contribution in [3.05, 3.63) is 59.8 Å². The normalized spacial score (nSPS) is 11.2. The highest BCUT2D eigenvalue weighted by atomic mass is 16.2. The van der Waals surface area contributed by atoms with Crippen LogP contribution in [0.25, 0.3) is 0 Å². The molecule has 1 amide bonds. The Morgan fingerprint density at radius 3 is 2.67 bits per heavy atom. The Labute approximate surface area is 122 Å². The number of aromatic nitrogens is 1. The van der Waals surface area contributed by atoms with Crippen molar-refractivity contribution < 1.29 is 9.59 Å². The number of nitriles is 1. The third kappa shape index (κ3) is 3.51. The molecule has 1 atom stereocenters. The lowest BCUT2D eigenvalue weighted by Crippen LogP contribution is -2.29. The summed E-state index contributed by atoms with van der Waals surface area (Å²) in [6.45, 7) is 1.84. The first-order valence-electron chi connectivity index (χ1n) is 6.34. The average molecular weight is 279 g/mol. The van der Waals surface area contributed by atoms with E-state index in [2.05, 4.69) is 10.3 Å². The quantitative estimate of drug-likeness (QED) is 0.688. The molecule has 1 aromatic heterocycles. The highest BCUT2D eigenvalue weighted by Crippen LogP contribution is 2.13. The van der Waals surface area contributed by atoms with E-state index in [1.165, 1.54) is 6.20 Å². The molecule has 5 nitrogen and oxygen atoms in total. The standard InChI is InChI=1S/C16H13N3O2/c1-11-5-4-6-12(9-11)15(20)13(10-17)16(21)19-14-7-2-3-8-18-14/h2-9,13H,1H3,(H,18,19,21). The number of rotatable bonds is 4. The number of benzene rings is 1. The fraction of sp³-hybridized carbons (Fsp3) is 0.125. The molecule has 21 heavy (non-hydrogen) atoms. The number of hydrogen-bond acceptors (Lipinski definition) is 4. The van der Waals surface area contributed by atoms with Gasteiger partial charge in [-0.2, -0.15) is 5.26 Å². The fourth-order valence-corrected chi connectivity index (χ4v) is 1.84. The van der Waals surface area contributed by atoms with E-state index < -0.39 is 17.6 Å². The number of ketones is 1. The summed E-state index contributed by atoms with van der Waals surface area (Å²) < 4.78 is 0. The second-order valence-electron chi connectivity index (χ2n) is 4.50. The molecular formula is C16H13N3O2. The van der Waals surface area contributed by atoms with E-state index in [0.29, 0.717) is 11.4 Å². The second-order valence-corrected chi connectivity index (χ2v) is 4.50. The predicted molar refractivity (Wildman–Crippen MR) is 77.5 cm³/mol. The number of nitrogens with zero attached hydrogens (tertiary/aromatic N) is 2. The van der Waals surface area contributed by atoms with Crippen LogP contribution in [-0.2, 0) is 4.79 Å². The van der Waals surface area contributed by atoms with Gasteiger partial charge in [0.2, 0.25) is 0 Å². The van der Waals surface area contributed by atoms with Crippen molar-refractivity contribution in [1.29, 1.82) is 5.26 Å². The zero-order valence-electron chi connectivity index (χ0n) is 11.4. The lowest BCUT2D eigenvalue weighted by atomic mass is 9.97. The van der Waals surface area contributed by atoms with Crippen LogP contribution in [0.1, 0.15) is 15.9 Å². The summed E-state index contributed by atoms with van der Waals surface area (Å²) in [5, 5.41) is 11.6. The van der Waals surface area contributed by atoms with Gasteiger partial charge in [-0.15, -0.1) is 0 Å². The van der Waals surface area contributed by atoms with Crippen molar-refractivity contribution in [3.8, 4) is 6.07 Å². The topological polar surface area (TPSA) is 82.8 Å². The van der Waals surface area contributed by atoms with Crippen LogP contribution in [0.15, 0.2) is 48.7 Å². The van der Waals surface area contributed by atoms with Gasteiger partial charge in [-0.1, -0.05) is 29.8 Å². The number of Topliss-reactive ketones (excluding diaryl/α,β-unsaturated/α-hetero) is 1. The largest absolute Gasteiger partial charge is 0.309 e. The molecular weight excluding hydrogens is 266 g/mol. The van der Waals surface area contributed by atoms with Crippen molar-refractivity contribution >= 4 is 17.5 Å². The van der Waals surface area contributed by atoms with Crippen molar-refractivity contribution in [1.82, 2.24) is 4.98 Å². The molecule has 1 aromatic carbocycles. The number of carbonyl (C=O) groups excluding carboxylic acids is 2. The monoisotopic (exact) mass is 279 g/mol. The van der Waals surface area contributed by atoms with Crippen molar-refractivity contribution in [2.45, 2.75) is 6.92 Å². The number of aryl methyl sites for hydroxylation is 1. The van der Waals surface area contributed by atoms with Crippen LogP contribution in [0.2, 0.25) is 0 Å². The van der Waals surface area contributed by atoms with Crippen LogP contribution in [0, 0.1) is 24.2 Å². The van der Waals surface area contributed by atoms with Crippen LogP contribution in [0.4, 0.5) is 5.82 Å². The first-order chi connectivity index (χ1) is 10.1. The minimum absolute atomic E-state index is 0.305. The average Bonchev–Trinajstić information content (AvgIpc) is 2.49. The Kier molecular flexibility index (Phi) is 4.42. The molecule has 2 rings (SSSR count). The van der Waals surface area contributed by atoms with Gasteiger partial charge in [0.25, 0.3) is 5.91 Å². The molecule has 1 unspecified atom stereocenters. The van der Waals surface area contributed by atoms with Gasteiger partial charge in [0.1, 0.15) is 5.82 Å². The van der Waals surface area contributed by atoms with Crippen LogP contribution in [0.5, 0.6) is 0 Å². The molecule has 0 spiro atoms. The lowest BCUT2D eigenvalue weighted by Gasteiger charge is -2.09. The molecule has 0 aliphatic rings. The predicted octanol–water partition coefficient (Wildman–Crippen LogP) is 2.35. The van der Waals surface area contributed by atoms with E-state index in [0.717, 1.165) is 5.56 Å². The van der Waals surface area contributed by atoms with E-state index in [4.69, 9.17) is 5.26 Å². The number of anilines is 1. The van der Waals surface area contributed by atoms with E-state index >= 15 is 0 Å². The molecule has 0 radical (unpaired) electrons. The first-order valence-corrected chi connectivity index (χ1v) is 6.34. The first kappa shape index (κ1) is 14.4. The number of pyridine rings is 1. The van der Waals surface area contributed by atoms with E-state index in [9.17, 15) is 9.59 Å². The molecule has 0 saturated carbocycles. The summed E-state index contributed by atoms with van der Waals surface area (Å²) in [7, 11) is 0. The van der Waals surface area contributed by atoms with Gasteiger partial charge in [0.15, 0.2) is 11.7 Å². The van der Waals surface area contributed by atoms with Crippen LogP contribution < -0.4 is 5.32 Å². The Hall–Kier alpha value is -3.00. The van der Waals surface area contributed by atoms with Gasteiger partial charge in [0, 0.05) is 11.8 Å². The van der Waals surface area contributed by atoms with Crippen LogP contribution in [-0.4, -0.2) is 16.7 Å². The van der Waals surface area contributed by atoms with Crippen molar-refractivity contribution in [2.75, 3.05) is 5.32 Å². The molecule has 0 fully saturated rings. The van der Waals surface area contributed by atoms with Gasteiger partial charge in [-0.25, -0.2) is 4.98 Å². The van der Waals surface area contributed by atoms with Gasteiger partial charge in [-0.3, -0.25) is 9.59 Å². The van der Waals surface area contributed by atoms with Crippen LogP contribution >= 0.6 is 0 Å². The van der Waals surface area contributed by atoms with Crippen molar-refractivity contribution in [2.24, 2.45) is 5.92 Å². The number of carbonyl (C=O) groups is 2.